The van der Waals surface area contributed by atoms with Gasteiger partial charge in [-0.25, -0.2) is 0 Å². The highest BCUT2D eigenvalue weighted by atomic mass is 16.5. The van der Waals surface area contributed by atoms with E-state index in [0.29, 0.717) is 56.0 Å². The fourth-order valence-corrected chi connectivity index (χ4v) is 4.54. The van der Waals surface area contributed by atoms with Gasteiger partial charge in [-0.15, -0.1) is 0 Å². The predicted molar refractivity (Wildman–Crippen MR) is 128 cm³/mol. The average molecular weight is 466 g/mol. The summed E-state index contributed by atoms with van der Waals surface area (Å²) in [5.74, 6) is 1.02. The van der Waals surface area contributed by atoms with Crippen LogP contribution in [-0.2, 0) is 16.1 Å². The molecule has 0 aromatic heterocycles. The van der Waals surface area contributed by atoms with E-state index in [-0.39, 0.29) is 23.6 Å². The fourth-order valence-electron chi connectivity index (χ4n) is 4.54. The van der Waals surface area contributed by atoms with Gasteiger partial charge in [0, 0.05) is 55.8 Å². The second-order valence-electron chi connectivity index (χ2n) is 8.78. The maximum atomic E-state index is 13.0. The van der Waals surface area contributed by atoms with Crippen molar-refractivity contribution in [3.05, 3.63) is 53.6 Å². The first kappa shape index (κ1) is 23.6. The summed E-state index contributed by atoms with van der Waals surface area (Å²) in [4.78, 5) is 41.4. The Morgan fingerprint density at radius 2 is 1.71 bits per heavy atom. The van der Waals surface area contributed by atoms with Crippen molar-refractivity contribution >= 4 is 23.4 Å². The molecule has 0 spiro atoms. The number of carbonyl (C=O) groups excluding carboxylic acids is 3. The van der Waals surface area contributed by atoms with E-state index in [0.717, 1.165) is 24.2 Å². The summed E-state index contributed by atoms with van der Waals surface area (Å²) in [7, 11) is 3.10. The van der Waals surface area contributed by atoms with E-state index < -0.39 is 0 Å². The molecule has 2 saturated heterocycles. The molecule has 2 aliphatic heterocycles. The summed E-state index contributed by atoms with van der Waals surface area (Å²) in [6.07, 6.45) is 2.71. The van der Waals surface area contributed by atoms with E-state index in [2.05, 4.69) is 5.32 Å². The van der Waals surface area contributed by atoms with Crippen LogP contribution in [0, 0.1) is 5.92 Å². The summed E-state index contributed by atoms with van der Waals surface area (Å²) < 4.78 is 10.5. The van der Waals surface area contributed by atoms with Crippen molar-refractivity contribution in [2.45, 2.75) is 32.2 Å². The third-order valence-electron chi connectivity index (χ3n) is 6.49. The molecule has 0 radical (unpaired) electrons. The molecule has 0 aliphatic carbocycles. The number of nitrogens with zero attached hydrogens (tertiary/aromatic N) is 2. The molecule has 0 saturated carbocycles. The van der Waals surface area contributed by atoms with E-state index in [4.69, 9.17) is 9.47 Å². The molecule has 1 N–H and O–H groups in total. The van der Waals surface area contributed by atoms with Gasteiger partial charge in [0.05, 0.1) is 14.2 Å². The quantitative estimate of drug-likeness (QED) is 0.678. The molecule has 0 unspecified atom stereocenters. The van der Waals surface area contributed by atoms with Gasteiger partial charge in [-0.1, -0.05) is 12.1 Å². The summed E-state index contributed by atoms with van der Waals surface area (Å²) in [6.45, 7) is 2.37. The lowest BCUT2D eigenvalue weighted by Gasteiger charge is -2.31. The molecule has 2 heterocycles. The molecular formula is C26H31N3O5. The number of methoxy groups -OCH3 is 2. The Morgan fingerprint density at radius 3 is 2.32 bits per heavy atom. The normalized spacial score (nSPS) is 16.5. The molecule has 2 fully saturated rings. The number of hydrogen-bond donors (Lipinski definition) is 1. The standard InChI is InChI=1S/C26H31N3O5/c1-33-22-14-20(15-23(16-22)34-2)26(32)28-11-8-19(9-12-28)25(31)27-21-6-3-5-18(13-21)17-29-10-4-7-24(29)30/h3,5-6,13-16,19H,4,7-12,17H2,1-2H3,(H,27,31). The molecule has 2 aromatic rings. The molecular weight excluding hydrogens is 434 g/mol. The number of amides is 3. The summed E-state index contributed by atoms with van der Waals surface area (Å²) in [5, 5.41) is 3.02. The van der Waals surface area contributed by atoms with Crippen molar-refractivity contribution in [2.75, 3.05) is 39.2 Å². The van der Waals surface area contributed by atoms with Crippen molar-refractivity contribution in [3.63, 3.8) is 0 Å². The minimum absolute atomic E-state index is 0.0375. The number of likely N-dealkylation sites (tertiary alicyclic amines) is 2. The van der Waals surface area contributed by atoms with Crippen LogP contribution in [0.1, 0.15) is 41.6 Å². The van der Waals surface area contributed by atoms with E-state index in [1.165, 1.54) is 0 Å². The Labute approximate surface area is 199 Å². The second-order valence-corrected chi connectivity index (χ2v) is 8.78. The van der Waals surface area contributed by atoms with E-state index >= 15 is 0 Å². The first-order valence-electron chi connectivity index (χ1n) is 11.7. The molecule has 34 heavy (non-hydrogen) atoms. The van der Waals surface area contributed by atoms with Crippen LogP contribution in [0.3, 0.4) is 0 Å². The number of anilines is 1. The fraction of sp³-hybridized carbons (Fsp3) is 0.423. The summed E-state index contributed by atoms with van der Waals surface area (Å²) in [5.41, 5.74) is 2.24. The molecule has 8 heteroatoms. The van der Waals surface area contributed by atoms with E-state index in [9.17, 15) is 14.4 Å². The maximum absolute atomic E-state index is 13.0. The molecule has 0 atom stereocenters. The smallest absolute Gasteiger partial charge is 0.254 e. The van der Waals surface area contributed by atoms with Gasteiger partial charge in [-0.3, -0.25) is 14.4 Å². The van der Waals surface area contributed by atoms with Crippen LogP contribution in [0.25, 0.3) is 0 Å². The highest BCUT2D eigenvalue weighted by molar-refractivity contribution is 5.96. The lowest BCUT2D eigenvalue weighted by atomic mass is 9.95. The monoisotopic (exact) mass is 465 g/mol. The number of rotatable bonds is 7. The second kappa shape index (κ2) is 10.6. The third-order valence-corrected chi connectivity index (χ3v) is 6.49. The number of carbonyl (C=O) groups is 3. The van der Waals surface area contributed by atoms with Crippen molar-refractivity contribution in [1.29, 1.82) is 0 Å². The van der Waals surface area contributed by atoms with Gasteiger partial charge in [-0.2, -0.15) is 0 Å². The Balaban J connectivity index is 1.32. The number of piperidine rings is 1. The van der Waals surface area contributed by atoms with E-state index in [1.54, 1.807) is 37.3 Å². The molecule has 2 aliphatic rings. The van der Waals surface area contributed by atoms with Crippen LogP contribution in [0.4, 0.5) is 5.69 Å². The van der Waals surface area contributed by atoms with Gasteiger partial charge in [0.1, 0.15) is 11.5 Å². The summed E-state index contributed by atoms with van der Waals surface area (Å²) in [6, 6.07) is 12.8. The number of ether oxygens (including phenoxy) is 2. The zero-order valence-corrected chi connectivity index (χ0v) is 19.7. The Kier molecular flexibility index (Phi) is 7.35. The van der Waals surface area contributed by atoms with Crippen LogP contribution in [0.2, 0.25) is 0 Å². The zero-order valence-electron chi connectivity index (χ0n) is 19.7. The summed E-state index contributed by atoms with van der Waals surface area (Å²) >= 11 is 0. The number of hydrogen-bond acceptors (Lipinski definition) is 5. The lowest BCUT2D eigenvalue weighted by Crippen LogP contribution is -2.41. The molecule has 8 nitrogen and oxygen atoms in total. The predicted octanol–water partition coefficient (Wildman–Crippen LogP) is 3.32. The highest BCUT2D eigenvalue weighted by Crippen LogP contribution is 2.26. The van der Waals surface area contributed by atoms with Gasteiger partial charge in [0.25, 0.3) is 5.91 Å². The Hall–Kier alpha value is -3.55. The zero-order chi connectivity index (χ0) is 24.1. The van der Waals surface area contributed by atoms with Gasteiger partial charge in [0.2, 0.25) is 11.8 Å². The third kappa shape index (κ3) is 5.50. The Bertz CT molecular complexity index is 1040. The minimum atomic E-state index is -0.160. The van der Waals surface area contributed by atoms with Crippen LogP contribution >= 0.6 is 0 Å². The molecule has 2 aromatic carbocycles. The van der Waals surface area contributed by atoms with Crippen LogP contribution in [0.15, 0.2) is 42.5 Å². The largest absolute Gasteiger partial charge is 0.497 e. The number of nitrogens with one attached hydrogen (secondary N) is 1. The minimum Gasteiger partial charge on any atom is -0.497 e. The average Bonchev–Trinajstić information content (AvgIpc) is 3.27. The van der Waals surface area contributed by atoms with Crippen LogP contribution in [0.5, 0.6) is 11.5 Å². The maximum Gasteiger partial charge on any atom is 0.254 e. The first-order valence-corrected chi connectivity index (χ1v) is 11.7. The Morgan fingerprint density at radius 1 is 1.00 bits per heavy atom. The topological polar surface area (TPSA) is 88.2 Å². The van der Waals surface area contributed by atoms with Gasteiger partial charge >= 0.3 is 0 Å². The van der Waals surface area contributed by atoms with Crippen LogP contribution < -0.4 is 14.8 Å². The molecule has 3 amide bonds. The van der Waals surface area contributed by atoms with Gasteiger partial charge in [0.15, 0.2) is 0 Å². The van der Waals surface area contributed by atoms with Gasteiger partial charge < -0.3 is 24.6 Å². The molecule has 4 rings (SSSR count). The number of benzene rings is 2. The SMILES string of the molecule is COc1cc(OC)cc(C(=O)N2CCC(C(=O)Nc3cccc(CN4CCCC4=O)c3)CC2)c1. The van der Waals surface area contributed by atoms with Crippen molar-refractivity contribution in [3.8, 4) is 11.5 Å². The van der Waals surface area contributed by atoms with E-state index in [1.807, 2.05) is 29.2 Å². The lowest BCUT2D eigenvalue weighted by molar-refractivity contribution is -0.128. The first-order chi connectivity index (χ1) is 16.5. The van der Waals surface area contributed by atoms with Crippen LogP contribution in [-0.4, -0.2) is 61.4 Å². The molecule has 0 bridgehead atoms. The van der Waals surface area contributed by atoms with Crippen molar-refractivity contribution in [2.24, 2.45) is 5.92 Å². The van der Waals surface area contributed by atoms with Crippen molar-refractivity contribution < 1.29 is 23.9 Å². The highest BCUT2D eigenvalue weighted by Gasteiger charge is 2.28. The molecule has 180 valence electrons. The van der Waals surface area contributed by atoms with Crippen molar-refractivity contribution in [1.82, 2.24) is 9.80 Å². The van der Waals surface area contributed by atoms with Gasteiger partial charge in [-0.05, 0) is 49.1 Å².